The SMILES string of the molecule is COC(=O)c1cccc(COc2cc(F)c(Cl)c(F)c2Cl)n1. The van der Waals surface area contributed by atoms with Crippen LogP contribution in [-0.2, 0) is 11.3 Å². The molecule has 0 atom stereocenters. The molecule has 0 bridgehead atoms. The van der Waals surface area contributed by atoms with Crippen molar-refractivity contribution in [3.63, 3.8) is 0 Å². The maximum atomic E-state index is 13.5. The molecule has 1 aromatic heterocycles. The highest BCUT2D eigenvalue weighted by Gasteiger charge is 2.17. The molecule has 0 fully saturated rings. The molecule has 1 aromatic carbocycles. The van der Waals surface area contributed by atoms with Crippen LogP contribution in [0.4, 0.5) is 8.78 Å². The second-order valence-electron chi connectivity index (χ2n) is 4.09. The Morgan fingerprint density at radius 1 is 1.27 bits per heavy atom. The van der Waals surface area contributed by atoms with Crippen molar-refractivity contribution in [1.82, 2.24) is 4.98 Å². The molecule has 0 N–H and O–H groups in total. The molecule has 0 amide bonds. The van der Waals surface area contributed by atoms with Gasteiger partial charge >= 0.3 is 5.97 Å². The van der Waals surface area contributed by atoms with E-state index in [4.69, 9.17) is 27.9 Å². The van der Waals surface area contributed by atoms with Crippen LogP contribution in [0.2, 0.25) is 10.0 Å². The van der Waals surface area contributed by atoms with Gasteiger partial charge in [-0.25, -0.2) is 18.6 Å². The van der Waals surface area contributed by atoms with Crippen molar-refractivity contribution in [3.8, 4) is 5.75 Å². The highest BCUT2D eigenvalue weighted by atomic mass is 35.5. The first-order chi connectivity index (χ1) is 10.4. The van der Waals surface area contributed by atoms with Crippen molar-refractivity contribution in [2.75, 3.05) is 7.11 Å². The Morgan fingerprint density at radius 3 is 2.68 bits per heavy atom. The Bertz CT molecular complexity index is 725. The van der Waals surface area contributed by atoms with Gasteiger partial charge < -0.3 is 9.47 Å². The number of benzene rings is 1. The Balaban J connectivity index is 2.19. The molecular weight excluding hydrogens is 339 g/mol. The van der Waals surface area contributed by atoms with Crippen LogP contribution < -0.4 is 4.74 Å². The van der Waals surface area contributed by atoms with Crippen LogP contribution in [0.15, 0.2) is 24.3 Å². The minimum absolute atomic E-state index is 0.0863. The normalized spacial score (nSPS) is 10.4. The molecule has 22 heavy (non-hydrogen) atoms. The third-order valence-corrected chi connectivity index (χ3v) is 3.34. The van der Waals surface area contributed by atoms with E-state index < -0.39 is 27.6 Å². The van der Waals surface area contributed by atoms with Crippen LogP contribution >= 0.6 is 23.2 Å². The molecule has 0 spiro atoms. The molecule has 0 aliphatic heterocycles. The number of hydrogen-bond acceptors (Lipinski definition) is 4. The number of ether oxygens (including phenoxy) is 2. The van der Waals surface area contributed by atoms with Gasteiger partial charge in [0.2, 0.25) is 0 Å². The number of hydrogen-bond donors (Lipinski definition) is 0. The number of aromatic nitrogens is 1. The summed E-state index contributed by atoms with van der Waals surface area (Å²) in [6, 6.07) is 5.48. The third-order valence-electron chi connectivity index (χ3n) is 2.65. The summed E-state index contributed by atoms with van der Waals surface area (Å²) in [6.45, 7) is -0.148. The zero-order chi connectivity index (χ0) is 16.3. The molecule has 0 saturated heterocycles. The molecule has 0 aliphatic carbocycles. The van der Waals surface area contributed by atoms with Gasteiger partial charge in [-0.05, 0) is 12.1 Å². The van der Waals surface area contributed by atoms with Crippen LogP contribution in [0.1, 0.15) is 16.2 Å². The van der Waals surface area contributed by atoms with Gasteiger partial charge in [0, 0.05) is 6.07 Å². The van der Waals surface area contributed by atoms with Crippen LogP contribution in [-0.4, -0.2) is 18.1 Å². The number of carbonyl (C=O) groups is 1. The largest absolute Gasteiger partial charge is 0.486 e. The molecule has 1 heterocycles. The summed E-state index contributed by atoms with van der Waals surface area (Å²) in [5, 5.41) is -1.14. The summed E-state index contributed by atoms with van der Waals surface area (Å²) in [5.41, 5.74) is 0.442. The number of pyridine rings is 1. The molecule has 8 heteroatoms. The van der Waals surface area contributed by atoms with E-state index in [1.54, 1.807) is 12.1 Å². The van der Waals surface area contributed by atoms with Crippen LogP contribution in [0, 0.1) is 11.6 Å². The van der Waals surface area contributed by atoms with E-state index in [0.717, 1.165) is 6.07 Å². The summed E-state index contributed by atoms with van der Waals surface area (Å²) >= 11 is 11.1. The topological polar surface area (TPSA) is 48.4 Å². The second-order valence-corrected chi connectivity index (χ2v) is 4.85. The number of halogens is 4. The van der Waals surface area contributed by atoms with E-state index in [-0.39, 0.29) is 18.1 Å². The van der Waals surface area contributed by atoms with Crippen molar-refractivity contribution >= 4 is 29.2 Å². The fourth-order valence-electron chi connectivity index (χ4n) is 1.59. The molecule has 2 rings (SSSR count). The van der Waals surface area contributed by atoms with Gasteiger partial charge in [0.05, 0.1) is 12.8 Å². The van der Waals surface area contributed by atoms with E-state index >= 15 is 0 Å². The predicted octanol–water partition coefficient (Wildman–Crippen LogP) is 4.03. The lowest BCUT2D eigenvalue weighted by Gasteiger charge is -2.10. The highest BCUT2D eigenvalue weighted by molar-refractivity contribution is 6.35. The molecule has 116 valence electrons. The summed E-state index contributed by atoms with van der Waals surface area (Å²) in [4.78, 5) is 15.4. The van der Waals surface area contributed by atoms with Crippen molar-refractivity contribution in [2.24, 2.45) is 0 Å². The fraction of sp³-hybridized carbons (Fsp3) is 0.143. The van der Waals surface area contributed by atoms with E-state index in [2.05, 4.69) is 9.72 Å². The number of carbonyl (C=O) groups excluding carboxylic acids is 1. The summed E-state index contributed by atoms with van der Waals surface area (Å²) < 4.78 is 36.7. The number of esters is 1. The van der Waals surface area contributed by atoms with Gasteiger partial charge in [-0.3, -0.25) is 0 Å². The first kappa shape index (κ1) is 16.5. The minimum Gasteiger partial charge on any atom is -0.486 e. The summed E-state index contributed by atoms with van der Waals surface area (Å²) in [7, 11) is 1.23. The van der Waals surface area contributed by atoms with Crippen molar-refractivity contribution in [2.45, 2.75) is 6.61 Å². The molecule has 2 aromatic rings. The van der Waals surface area contributed by atoms with E-state index in [9.17, 15) is 13.6 Å². The molecule has 0 radical (unpaired) electrons. The van der Waals surface area contributed by atoms with E-state index in [1.807, 2.05) is 0 Å². The Kier molecular flexibility index (Phi) is 5.15. The molecular formula is C14H9Cl2F2NO3. The van der Waals surface area contributed by atoms with E-state index in [0.29, 0.717) is 5.69 Å². The van der Waals surface area contributed by atoms with Crippen LogP contribution in [0.3, 0.4) is 0 Å². The lowest BCUT2D eigenvalue weighted by molar-refractivity contribution is 0.0593. The molecule has 0 aliphatic rings. The third kappa shape index (κ3) is 3.45. The first-order valence-corrected chi connectivity index (χ1v) is 6.69. The Hall–Kier alpha value is -1.92. The van der Waals surface area contributed by atoms with Crippen molar-refractivity contribution in [3.05, 3.63) is 57.3 Å². The zero-order valence-electron chi connectivity index (χ0n) is 11.2. The monoisotopic (exact) mass is 347 g/mol. The van der Waals surface area contributed by atoms with Crippen LogP contribution in [0.5, 0.6) is 5.75 Å². The maximum absolute atomic E-state index is 13.5. The van der Waals surface area contributed by atoms with Gasteiger partial charge in [0.15, 0.2) is 5.82 Å². The predicted molar refractivity (Wildman–Crippen MR) is 76.3 cm³/mol. The summed E-state index contributed by atoms with van der Waals surface area (Å²) in [6.07, 6.45) is 0. The molecule has 0 saturated carbocycles. The average molecular weight is 348 g/mol. The number of rotatable bonds is 4. The second kappa shape index (κ2) is 6.89. The number of nitrogens with zero attached hydrogens (tertiary/aromatic N) is 1. The minimum atomic E-state index is -1.10. The quantitative estimate of drug-likeness (QED) is 0.476. The Labute approximate surface area is 134 Å². The smallest absolute Gasteiger partial charge is 0.356 e. The van der Waals surface area contributed by atoms with Gasteiger partial charge in [0.25, 0.3) is 0 Å². The summed E-state index contributed by atoms with van der Waals surface area (Å²) in [5.74, 6) is -2.92. The molecule has 4 nitrogen and oxygen atoms in total. The van der Waals surface area contributed by atoms with E-state index in [1.165, 1.54) is 13.2 Å². The lowest BCUT2D eigenvalue weighted by Crippen LogP contribution is -2.07. The van der Waals surface area contributed by atoms with Gasteiger partial charge in [-0.2, -0.15) is 0 Å². The average Bonchev–Trinajstić information content (AvgIpc) is 2.54. The first-order valence-electron chi connectivity index (χ1n) is 5.94. The highest BCUT2D eigenvalue weighted by Crippen LogP contribution is 2.34. The van der Waals surface area contributed by atoms with Crippen molar-refractivity contribution in [1.29, 1.82) is 0 Å². The van der Waals surface area contributed by atoms with Gasteiger partial charge in [0.1, 0.15) is 33.9 Å². The van der Waals surface area contributed by atoms with Gasteiger partial charge in [-0.15, -0.1) is 0 Å². The Morgan fingerprint density at radius 2 is 2.00 bits per heavy atom. The van der Waals surface area contributed by atoms with Gasteiger partial charge in [-0.1, -0.05) is 29.3 Å². The van der Waals surface area contributed by atoms with Crippen LogP contribution in [0.25, 0.3) is 0 Å². The maximum Gasteiger partial charge on any atom is 0.356 e. The number of methoxy groups -OCH3 is 1. The van der Waals surface area contributed by atoms with Crippen molar-refractivity contribution < 1.29 is 23.0 Å². The standard InChI is InChI=1S/C14H9Cl2F2NO3/c1-21-14(20)9-4-2-3-7(19-9)6-22-10-5-8(17)11(15)13(18)12(10)16/h2-5H,6H2,1H3. The lowest BCUT2D eigenvalue weighted by atomic mass is 10.3. The fourth-order valence-corrected chi connectivity index (χ4v) is 1.99. The zero-order valence-corrected chi connectivity index (χ0v) is 12.7. The molecule has 0 unspecified atom stereocenters.